The normalized spacial score (nSPS) is 31.4. The van der Waals surface area contributed by atoms with Gasteiger partial charge in [-0.15, -0.1) is 0 Å². The fourth-order valence-electron chi connectivity index (χ4n) is 6.06. The van der Waals surface area contributed by atoms with E-state index < -0.39 is 16.9 Å². The summed E-state index contributed by atoms with van der Waals surface area (Å²) in [6.45, 7) is 2.96. The fraction of sp³-hybridized carbons (Fsp3) is 0.652. The molecular weight excluding hydrogens is 368 g/mol. The molecule has 2 fully saturated rings. The highest BCUT2D eigenvalue weighted by atomic mass is 16.3. The summed E-state index contributed by atoms with van der Waals surface area (Å²) < 4.78 is 0. The van der Waals surface area contributed by atoms with E-state index in [1.165, 1.54) is 12.8 Å². The van der Waals surface area contributed by atoms with E-state index in [1.807, 2.05) is 13.0 Å². The number of hydrogen-bond donors (Lipinski definition) is 3. The van der Waals surface area contributed by atoms with Crippen LogP contribution in [0.5, 0.6) is 5.75 Å². The summed E-state index contributed by atoms with van der Waals surface area (Å²) >= 11 is 0. The molecule has 158 valence electrons. The van der Waals surface area contributed by atoms with E-state index in [0.29, 0.717) is 37.2 Å². The first kappa shape index (κ1) is 20.4. The lowest BCUT2D eigenvalue weighted by Crippen LogP contribution is -2.69. The molecule has 0 saturated heterocycles. The van der Waals surface area contributed by atoms with Crippen molar-refractivity contribution in [3.8, 4) is 5.75 Å². The molecule has 6 heteroatoms. The van der Waals surface area contributed by atoms with Gasteiger partial charge in [0.05, 0.1) is 11.2 Å². The topological polar surface area (TPSA) is 104 Å². The van der Waals surface area contributed by atoms with Gasteiger partial charge in [-0.2, -0.15) is 0 Å². The summed E-state index contributed by atoms with van der Waals surface area (Å²) in [7, 11) is 2.07. The molecule has 2 saturated carbocycles. The molecule has 0 aliphatic heterocycles. The Balaban J connectivity index is 1.92. The lowest BCUT2D eigenvalue weighted by atomic mass is 9.50. The third-order valence-corrected chi connectivity index (χ3v) is 7.54. The first-order chi connectivity index (χ1) is 13.7. The van der Waals surface area contributed by atoms with E-state index in [0.717, 1.165) is 18.5 Å². The van der Waals surface area contributed by atoms with Gasteiger partial charge in [0.2, 0.25) is 0 Å². The highest BCUT2D eigenvalue weighted by Gasteiger charge is 2.62. The van der Waals surface area contributed by atoms with E-state index in [2.05, 4.69) is 11.9 Å². The van der Waals surface area contributed by atoms with Gasteiger partial charge in [-0.05, 0) is 56.7 Å². The molecule has 1 amide bonds. The zero-order chi connectivity index (χ0) is 21.0. The Labute approximate surface area is 172 Å². The minimum Gasteiger partial charge on any atom is -0.507 e. The van der Waals surface area contributed by atoms with E-state index >= 15 is 0 Å². The van der Waals surface area contributed by atoms with Crippen LogP contribution in [0.2, 0.25) is 0 Å². The van der Waals surface area contributed by atoms with Gasteiger partial charge in [0.25, 0.3) is 5.91 Å². The number of fused-ring (bicyclic) bond motifs is 3. The molecule has 29 heavy (non-hydrogen) atoms. The molecule has 0 unspecified atom stereocenters. The van der Waals surface area contributed by atoms with Gasteiger partial charge in [-0.25, -0.2) is 0 Å². The van der Waals surface area contributed by atoms with Gasteiger partial charge in [-0.3, -0.25) is 14.5 Å². The number of carbonyl (C=O) groups excluding carboxylic acids is 2. The Bertz CT molecular complexity index is 850. The number of nitrogens with two attached hydrogens (primary N) is 1. The molecule has 0 radical (unpaired) electrons. The maximum absolute atomic E-state index is 12.6. The maximum Gasteiger partial charge on any atom is 0.252 e. The van der Waals surface area contributed by atoms with E-state index in [-0.39, 0.29) is 29.6 Å². The number of Topliss-reactive ketones (excluding diaryl/α,β-unsaturated/α-hetero) is 1. The zero-order valence-electron chi connectivity index (χ0n) is 17.4. The minimum absolute atomic E-state index is 0.0596. The number of benzene rings is 1. The number of nitrogens with zero attached hydrogens (tertiary/aromatic N) is 1. The molecule has 4 N–H and O–H groups in total. The number of likely N-dealkylation sites (N-methyl/N-ethyl adjacent to an activating group) is 1. The van der Waals surface area contributed by atoms with Crippen LogP contribution in [0.15, 0.2) is 12.1 Å². The van der Waals surface area contributed by atoms with Crippen LogP contribution in [0.4, 0.5) is 0 Å². The number of ketones is 1. The van der Waals surface area contributed by atoms with Crippen molar-refractivity contribution in [2.75, 3.05) is 13.6 Å². The lowest BCUT2D eigenvalue weighted by Gasteiger charge is -2.59. The van der Waals surface area contributed by atoms with Crippen LogP contribution in [0.1, 0.15) is 73.4 Å². The van der Waals surface area contributed by atoms with Crippen molar-refractivity contribution in [2.45, 2.75) is 75.3 Å². The third-order valence-electron chi connectivity index (χ3n) is 7.54. The van der Waals surface area contributed by atoms with Crippen molar-refractivity contribution in [1.82, 2.24) is 4.90 Å². The lowest BCUT2D eigenvalue weighted by molar-refractivity contribution is -0.153. The Morgan fingerprint density at radius 3 is 2.69 bits per heavy atom. The van der Waals surface area contributed by atoms with E-state index in [9.17, 15) is 19.8 Å². The van der Waals surface area contributed by atoms with Crippen LogP contribution in [0.3, 0.4) is 0 Å². The van der Waals surface area contributed by atoms with Crippen LogP contribution in [0.25, 0.3) is 0 Å². The average Bonchev–Trinajstić information content (AvgIpc) is 3.46. The van der Waals surface area contributed by atoms with Crippen molar-refractivity contribution in [3.05, 3.63) is 28.8 Å². The Hall–Kier alpha value is -1.92. The van der Waals surface area contributed by atoms with E-state index in [4.69, 9.17) is 5.73 Å². The first-order valence-electron chi connectivity index (χ1n) is 10.8. The van der Waals surface area contributed by atoms with E-state index in [1.54, 1.807) is 6.07 Å². The molecule has 0 heterocycles. The highest BCUT2D eigenvalue weighted by Crippen LogP contribution is 2.58. The Kier molecular flexibility index (Phi) is 4.98. The molecular formula is C23H32N2O4. The van der Waals surface area contributed by atoms with Crippen LogP contribution < -0.4 is 5.73 Å². The van der Waals surface area contributed by atoms with Gasteiger partial charge < -0.3 is 15.9 Å². The largest absolute Gasteiger partial charge is 0.507 e. The van der Waals surface area contributed by atoms with Crippen molar-refractivity contribution >= 4 is 11.7 Å². The summed E-state index contributed by atoms with van der Waals surface area (Å²) in [5, 5.41) is 23.3. The van der Waals surface area contributed by atoms with Crippen LogP contribution in [0, 0.1) is 5.92 Å². The molecule has 4 rings (SSSR count). The SMILES string of the molecule is CCC[C@]12CC(=O)CC[C@@]1(O)[C@H](N(C)CC1CC1)Cc1ccc(C(N)=O)c(O)c12. The maximum atomic E-state index is 12.6. The molecule has 1 aromatic rings. The summed E-state index contributed by atoms with van der Waals surface area (Å²) in [4.78, 5) is 26.8. The van der Waals surface area contributed by atoms with Gasteiger partial charge in [0.1, 0.15) is 11.5 Å². The summed E-state index contributed by atoms with van der Waals surface area (Å²) in [5.41, 5.74) is 5.00. The second-order valence-electron chi connectivity index (χ2n) is 9.43. The molecule has 6 nitrogen and oxygen atoms in total. The van der Waals surface area contributed by atoms with Crippen molar-refractivity contribution in [3.63, 3.8) is 0 Å². The Morgan fingerprint density at radius 1 is 1.34 bits per heavy atom. The molecule has 0 aromatic heterocycles. The zero-order valence-corrected chi connectivity index (χ0v) is 17.4. The Morgan fingerprint density at radius 2 is 2.07 bits per heavy atom. The average molecular weight is 401 g/mol. The number of carbonyl (C=O) groups is 2. The third kappa shape index (κ3) is 3.08. The predicted molar refractivity (Wildman–Crippen MR) is 110 cm³/mol. The van der Waals surface area contributed by atoms with Gasteiger partial charge in [0, 0.05) is 36.4 Å². The monoisotopic (exact) mass is 400 g/mol. The molecule has 0 spiro atoms. The smallest absolute Gasteiger partial charge is 0.252 e. The molecule has 1 aromatic carbocycles. The van der Waals surface area contributed by atoms with Gasteiger partial charge >= 0.3 is 0 Å². The number of aliphatic hydroxyl groups is 1. The first-order valence-corrected chi connectivity index (χ1v) is 10.8. The number of rotatable bonds is 6. The van der Waals surface area contributed by atoms with Crippen molar-refractivity contribution in [1.29, 1.82) is 0 Å². The number of aromatic hydroxyl groups is 1. The number of primary amides is 1. The van der Waals surface area contributed by atoms with Gasteiger partial charge in [-0.1, -0.05) is 19.4 Å². The summed E-state index contributed by atoms with van der Waals surface area (Å²) in [5.74, 6) is -0.0691. The van der Waals surface area contributed by atoms with Crippen molar-refractivity contribution < 1.29 is 19.8 Å². The minimum atomic E-state index is -1.14. The predicted octanol–water partition coefficient (Wildman–Crippen LogP) is 2.28. The number of hydrogen-bond acceptors (Lipinski definition) is 5. The van der Waals surface area contributed by atoms with Crippen LogP contribution in [-0.2, 0) is 16.6 Å². The second-order valence-corrected chi connectivity index (χ2v) is 9.43. The highest BCUT2D eigenvalue weighted by molar-refractivity contribution is 5.96. The van der Waals surface area contributed by atoms with Crippen LogP contribution >= 0.6 is 0 Å². The molecule has 3 atom stereocenters. The number of amides is 1. The standard InChI is InChI=1S/C23H32N2O4/c1-3-9-22-12-16(26)8-10-23(22,29)18(25(2)13-14-4-5-14)11-15-6-7-17(21(24)28)20(27)19(15)22/h6-7,14,18,27,29H,3-5,8-13H2,1-2H3,(H2,24,28)/t18-,22-,23-/m1/s1. The molecule has 3 aliphatic carbocycles. The fourth-order valence-corrected chi connectivity index (χ4v) is 6.06. The molecule has 3 aliphatic rings. The summed E-state index contributed by atoms with van der Waals surface area (Å²) in [6, 6.07) is 3.29. The second kappa shape index (κ2) is 7.10. The van der Waals surface area contributed by atoms with Gasteiger partial charge in [0.15, 0.2) is 0 Å². The number of phenols is 1. The van der Waals surface area contributed by atoms with Crippen LogP contribution in [-0.4, -0.2) is 52.0 Å². The summed E-state index contributed by atoms with van der Waals surface area (Å²) in [6.07, 6.45) is 5.29. The van der Waals surface area contributed by atoms with Crippen molar-refractivity contribution in [2.24, 2.45) is 11.7 Å². The quantitative estimate of drug-likeness (QED) is 0.680. The molecule has 0 bridgehead atoms.